The first-order valence-electron chi connectivity index (χ1n) is 3.58. The minimum atomic E-state index is -3.13. The zero-order chi connectivity index (χ0) is 11.2. The SMILES string of the molecule is COC(=O)/C(N)=C/C=N/CS(C)(=O)=O. The number of carbonyl (C=O) groups excluding carboxylic acids is 1. The standard InChI is InChI=1S/C7H12N2O4S/c1-13-7(10)6(8)3-4-9-5-14(2,11)12/h3-4H,5,8H2,1-2H3/b6-3-,9-4+. The average Bonchev–Trinajstić information content (AvgIpc) is 2.09. The van der Waals surface area contributed by atoms with Crippen LogP contribution in [0.2, 0.25) is 0 Å². The van der Waals surface area contributed by atoms with Crippen molar-refractivity contribution in [1.82, 2.24) is 0 Å². The zero-order valence-corrected chi connectivity index (χ0v) is 8.74. The molecule has 0 spiro atoms. The number of nitrogens with two attached hydrogens (primary N) is 1. The molecule has 0 aliphatic rings. The van der Waals surface area contributed by atoms with E-state index < -0.39 is 15.8 Å². The maximum atomic E-state index is 10.7. The maximum Gasteiger partial charge on any atom is 0.353 e. The second kappa shape index (κ2) is 5.38. The Bertz CT molecular complexity index is 356. The summed E-state index contributed by atoms with van der Waals surface area (Å²) >= 11 is 0. The highest BCUT2D eigenvalue weighted by Gasteiger charge is 2.01. The lowest BCUT2D eigenvalue weighted by atomic mass is 10.4. The zero-order valence-electron chi connectivity index (χ0n) is 7.93. The number of esters is 1. The fraction of sp³-hybridized carbons (Fsp3) is 0.429. The number of ether oxygens (including phenoxy) is 1. The van der Waals surface area contributed by atoms with Gasteiger partial charge in [0.05, 0.1) is 7.11 Å². The summed E-state index contributed by atoms with van der Waals surface area (Å²) in [4.78, 5) is 14.2. The number of aliphatic imine (C=N–C) groups is 1. The lowest BCUT2D eigenvalue weighted by Gasteiger charge is -1.95. The number of methoxy groups -OCH3 is 1. The van der Waals surface area contributed by atoms with Crippen LogP contribution in [-0.2, 0) is 19.4 Å². The Labute approximate surface area is 82.4 Å². The highest BCUT2D eigenvalue weighted by atomic mass is 32.2. The van der Waals surface area contributed by atoms with Gasteiger partial charge in [-0.1, -0.05) is 0 Å². The van der Waals surface area contributed by atoms with Crippen molar-refractivity contribution in [3.8, 4) is 0 Å². The molecule has 0 rings (SSSR count). The highest BCUT2D eigenvalue weighted by molar-refractivity contribution is 7.90. The summed E-state index contributed by atoms with van der Waals surface area (Å²) in [5.41, 5.74) is 5.09. The molecule has 0 amide bonds. The minimum absolute atomic E-state index is 0.134. The van der Waals surface area contributed by atoms with Crippen LogP contribution in [0.4, 0.5) is 0 Å². The first-order chi connectivity index (χ1) is 6.37. The summed E-state index contributed by atoms with van der Waals surface area (Å²) in [7, 11) is -1.94. The van der Waals surface area contributed by atoms with Crippen molar-refractivity contribution in [2.24, 2.45) is 10.7 Å². The minimum Gasteiger partial charge on any atom is -0.464 e. The van der Waals surface area contributed by atoms with Gasteiger partial charge in [-0.05, 0) is 6.08 Å². The van der Waals surface area contributed by atoms with Gasteiger partial charge in [0.25, 0.3) is 0 Å². The van der Waals surface area contributed by atoms with Crippen molar-refractivity contribution < 1.29 is 17.9 Å². The van der Waals surface area contributed by atoms with Crippen molar-refractivity contribution in [2.45, 2.75) is 0 Å². The molecule has 14 heavy (non-hydrogen) atoms. The van der Waals surface area contributed by atoms with E-state index in [1.165, 1.54) is 13.2 Å². The molecule has 80 valence electrons. The fourth-order valence-electron chi connectivity index (χ4n) is 0.497. The third kappa shape index (κ3) is 6.18. The van der Waals surface area contributed by atoms with Crippen LogP contribution in [0.3, 0.4) is 0 Å². The monoisotopic (exact) mass is 220 g/mol. The Morgan fingerprint density at radius 2 is 2.14 bits per heavy atom. The predicted octanol–water partition coefficient (Wildman–Crippen LogP) is -0.925. The third-order valence-electron chi connectivity index (χ3n) is 1.09. The number of rotatable bonds is 4. The third-order valence-corrected chi connectivity index (χ3v) is 1.71. The van der Waals surface area contributed by atoms with Crippen molar-refractivity contribution in [2.75, 3.05) is 19.2 Å². The number of carbonyl (C=O) groups is 1. The number of nitrogens with zero attached hydrogens (tertiary/aromatic N) is 1. The molecule has 0 heterocycles. The highest BCUT2D eigenvalue weighted by Crippen LogP contribution is 1.87. The van der Waals surface area contributed by atoms with E-state index in [4.69, 9.17) is 5.73 Å². The molecule has 0 aromatic carbocycles. The molecule has 0 aromatic heterocycles. The van der Waals surface area contributed by atoms with E-state index in [9.17, 15) is 13.2 Å². The molecule has 0 aliphatic heterocycles. The second-order valence-corrected chi connectivity index (χ2v) is 4.61. The van der Waals surface area contributed by atoms with Crippen LogP contribution >= 0.6 is 0 Å². The van der Waals surface area contributed by atoms with Crippen LogP contribution < -0.4 is 5.73 Å². The molecule has 2 N–H and O–H groups in total. The van der Waals surface area contributed by atoms with E-state index in [0.29, 0.717) is 0 Å². The topological polar surface area (TPSA) is 98.8 Å². The lowest BCUT2D eigenvalue weighted by molar-refractivity contribution is -0.136. The van der Waals surface area contributed by atoms with Crippen LogP contribution in [-0.4, -0.2) is 39.8 Å². The molecule has 0 saturated carbocycles. The normalized spacial score (nSPS) is 13.1. The quantitative estimate of drug-likeness (QED) is 0.375. The Morgan fingerprint density at radius 1 is 1.57 bits per heavy atom. The van der Waals surface area contributed by atoms with E-state index in [2.05, 4.69) is 9.73 Å². The first-order valence-corrected chi connectivity index (χ1v) is 5.64. The smallest absolute Gasteiger partial charge is 0.353 e. The molecular formula is C7H12N2O4S. The number of sulfone groups is 1. The van der Waals surface area contributed by atoms with E-state index in [-0.39, 0.29) is 11.6 Å². The van der Waals surface area contributed by atoms with Gasteiger partial charge in [-0.3, -0.25) is 4.99 Å². The Hall–Kier alpha value is -1.37. The molecule has 0 bridgehead atoms. The predicted molar refractivity (Wildman–Crippen MR) is 52.5 cm³/mol. The fourth-order valence-corrected chi connectivity index (χ4v) is 0.854. The maximum absolute atomic E-state index is 10.7. The molecule has 0 atom stereocenters. The van der Waals surface area contributed by atoms with Gasteiger partial charge >= 0.3 is 5.97 Å². The molecule has 7 heteroatoms. The molecule has 0 saturated heterocycles. The lowest BCUT2D eigenvalue weighted by Crippen LogP contribution is -2.12. The summed E-state index contributed by atoms with van der Waals surface area (Å²) < 4.78 is 25.5. The number of hydrogen-bond acceptors (Lipinski definition) is 6. The van der Waals surface area contributed by atoms with Gasteiger partial charge in [-0.25, -0.2) is 13.2 Å². The van der Waals surface area contributed by atoms with Crippen molar-refractivity contribution in [1.29, 1.82) is 0 Å². The van der Waals surface area contributed by atoms with Gasteiger partial charge in [0.15, 0.2) is 9.84 Å². The first kappa shape index (κ1) is 12.6. The summed E-state index contributed by atoms with van der Waals surface area (Å²) in [5.74, 6) is -1.02. The number of hydrogen-bond donors (Lipinski definition) is 1. The largest absolute Gasteiger partial charge is 0.464 e. The van der Waals surface area contributed by atoms with Gasteiger partial charge < -0.3 is 10.5 Å². The average molecular weight is 220 g/mol. The van der Waals surface area contributed by atoms with Crippen LogP contribution in [0.25, 0.3) is 0 Å². The number of allylic oxidation sites excluding steroid dienone is 1. The van der Waals surface area contributed by atoms with E-state index in [1.807, 2.05) is 0 Å². The van der Waals surface area contributed by atoms with Crippen molar-refractivity contribution >= 4 is 22.0 Å². The molecule has 0 aromatic rings. The molecule has 0 radical (unpaired) electrons. The van der Waals surface area contributed by atoms with Gasteiger partial charge in [0.2, 0.25) is 0 Å². The van der Waals surface area contributed by atoms with Gasteiger partial charge in [0.1, 0.15) is 11.6 Å². The molecule has 0 unspecified atom stereocenters. The van der Waals surface area contributed by atoms with Crippen LogP contribution in [0, 0.1) is 0 Å². The van der Waals surface area contributed by atoms with Crippen LogP contribution in [0.5, 0.6) is 0 Å². The summed E-state index contributed by atoms with van der Waals surface area (Å²) in [6, 6.07) is 0. The molecule has 6 nitrogen and oxygen atoms in total. The summed E-state index contributed by atoms with van der Waals surface area (Å²) in [5, 5.41) is 0. The second-order valence-electron chi connectivity index (χ2n) is 2.50. The van der Waals surface area contributed by atoms with Gasteiger partial charge in [0, 0.05) is 12.5 Å². The van der Waals surface area contributed by atoms with Gasteiger partial charge in [-0.15, -0.1) is 0 Å². The Kier molecular flexibility index (Phi) is 4.85. The molecular weight excluding hydrogens is 208 g/mol. The van der Waals surface area contributed by atoms with Crippen LogP contribution in [0.15, 0.2) is 16.8 Å². The molecule has 0 fully saturated rings. The summed E-state index contributed by atoms with van der Waals surface area (Å²) in [6.45, 7) is 0. The van der Waals surface area contributed by atoms with Gasteiger partial charge in [-0.2, -0.15) is 0 Å². The van der Waals surface area contributed by atoms with Crippen molar-refractivity contribution in [3.05, 3.63) is 11.8 Å². The van der Waals surface area contributed by atoms with E-state index in [1.54, 1.807) is 0 Å². The Morgan fingerprint density at radius 3 is 2.57 bits per heavy atom. The van der Waals surface area contributed by atoms with E-state index in [0.717, 1.165) is 12.5 Å². The van der Waals surface area contributed by atoms with E-state index >= 15 is 0 Å². The molecule has 0 aliphatic carbocycles. The van der Waals surface area contributed by atoms with Crippen LogP contribution in [0.1, 0.15) is 0 Å². The van der Waals surface area contributed by atoms with Crippen molar-refractivity contribution in [3.63, 3.8) is 0 Å². The summed E-state index contributed by atoms with van der Waals surface area (Å²) in [6.07, 6.45) is 3.38. The Balaban J connectivity index is 4.23.